The molecule has 0 saturated heterocycles. The molecule has 0 spiro atoms. The van der Waals surface area contributed by atoms with Crippen molar-refractivity contribution >= 4 is 11.9 Å². The van der Waals surface area contributed by atoms with Crippen LogP contribution in [0.2, 0.25) is 0 Å². The summed E-state index contributed by atoms with van der Waals surface area (Å²) in [6.45, 7) is 0.742. The van der Waals surface area contributed by atoms with Gasteiger partial charge in [-0.3, -0.25) is 9.69 Å². The number of carbonyl (C=O) groups is 1. The van der Waals surface area contributed by atoms with Crippen LogP contribution in [-0.4, -0.2) is 30.4 Å². The average Bonchev–Trinajstić information content (AvgIpc) is 2.87. The third-order valence-corrected chi connectivity index (χ3v) is 4.71. The predicted molar refractivity (Wildman–Crippen MR) is 94.1 cm³/mol. The van der Waals surface area contributed by atoms with Gasteiger partial charge < -0.3 is 10.5 Å². The minimum Gasteiger partial charge on any atom is -0.435 e. The molecule has 2 aliphatic rings. The van der Waals surface area contributed by atoms with Gasteiger partial charge in [-0.1, -0.05) is 49.1 Å². The number of guanidine groups is 1. The van der Waals surface area contributed by atoms with Crippen molar-refractivity contribution in [2.24, 2.45) is 16.6 Å². The summed E-state index contributed by atoms with van der Waals surface area (Å²) in [6, 6.07) is 9.09. The predicted octanol–water partition coefficient (Wildman–Crippen LogP) is 2.92. The second-order valence-electron chi connectivity index (χ2n) is 6.11. The first-order chi connectivity index (χ1) is 12.4. The van der Waals surface area contributed by atoms with Gasteiger partial charge in [0.25, 0.3) is 5.91 Å². The smallest absolute Gasteiger partial charge is 0.387 e. The summed E-state index contributed by atoms with van der Waals surface area (Å²) in [5.41, 5.74) is 5.85. The van der Waals surface area contributed by atoms with E-state index in [9.17, 15) is 13.6 Å². The molecule has 26 heavy (non-hydrogen) atoms. The minimum absolute atomic E-state index is 0.0465. The quantitative estimate of drug-likeness (QED) is 0.879. The van der Waals surface area contributed by atoms with Crippen molar-refractivity contribution in [2.45, 2.75) is 18.6 Å². The summed E-state index contributed by atoms with van der Waals surface area (Å²) in [7, 11) is 1.56. The van der Waals surface area contributed by atoms with E-state index in [-0.39, 0.29) is 24.0 Å². The molecule has 1 aliphatic carbocycles. The summed E-state index contributed by atoms with van der Waals surface area (Å²) in [4.78, 5) is 18.9. The molecule has 1 amide bonds. The van der Waals surface area contributed by atoms with Crippen molar-refractivity contribution in [3.63, 3.8) is 0 Å². The first-order valence-corrected chi connectivity index (χ1v) is 8.07. The molecule has 0 fully saturated rings. The van der Waals surface area contributed by atoms with E-state index < -0.39 is 18.1 Å². The Morgan fingerprint density at radius 3 is 2.65 bits per heavy atom. The van der Waals surface area contributed by atoms with E-state index >= 15 is 0 Å². The Balaban J connectivity index is 2.07. The van der Waals surface area contributed by atoms with Crippen LogP contribution in [-0.2, 0) is 15.1 Å². The number of halogens is 2. The van der Waals surface area contributed by atoms with E-state index in [1.54, 1.807) is 13.1 Å². The van der Waals surface area contributed by atoms with Gasteiger partial charge in [0.2, 0.25) is 0 Å². The number of hydrogen-bond acceptors (Lipinski definition) is 4. The summed E-state index contributed by atoms with van der Waals surface area (Å²) in [6.07, 6.45) is 4.85. The van der Waals surface area contributed by atoms with Crippen molar-refractivity contribution < 1.29 is 18.3 Å². The number of nitrogens with zero attached hydrogens (tertiary/aromatic N) is 2. The topological polar surface area (TPSA) is 67.9 Å². The van der Waals surface area contributed by atoms with Gasteiger partial charge in [-0.2, -0.15) is 8.78 Å². The van der Waals surface area contributed by atoms with Crippen LogP contribution in [0.3, 0.4) is 0 Å². The molecule has 1 aromatic carbocycles. The number of nitrogens with two attached hydrogens (primary N) is 1. The van der Waals surface area contributed by atoms with E-state index in [0.29, 0.717) is 11.1 Å². The number of rotatable bonds is 5. The zero-order chi connectivity index (χ0) is 18.9. The van der Waals surface area contributed by atoms with Crippen LogP contribution in [0.25, 0.3) is 0 Å². The molecule has 1 aliphatic heterocycles. The molecule has 2 N–H and O–H groups in total. The van der Waals surface area contributed by atoms with Crippen molar-refractivity contribution in [3.05, 3.63) is 72.0 Å². The third kappa shape index (κ3) is 2.79. The number of benzene rings is 1. The SMILES string of the molecule is C=CC1=C(OC(F)F)C=CC([C@]2(c3ccccc3)N=C(N)N(C)C2=O)C1. The van der Waals surface area contributed by atoms with Gasteiger partial charge in [0.05, 0.1) is 0 Å². The van der Waals surface area contributed by atoms with Crippen molar-refractivity contribution in [1.29, 1.82) is 0 Å². The highest BCUT2D eigenvalue weighted by atomic mass is 19.3. The van der Waals surface area contributed by atoms with Crippen molar-refractivity contribution in [1.82, 2.24) is 4.90 Å². The van der Waals surface area contributed by atoms with Crippen LogP contribution in [0.5, 0.6) is 0 Å². The molecule has 136 valence electrons. The Labute approximate surface area is 150 Å². The number of hydrogen-bond donors (Lipinski definition) is 1. The molecular weight excluding hydrogens is 340 g/mol. The summed E-state index contributed by atoms with van der Waals surface area (Å²) in [5, 5.41) is 0. The van der Waals surface area contributed by atoms with Gasteiger partial charge in [0, 0.05) is 13.0 Å². The molecular formula is C19H19F2N3O2. The molecule has 0 radical (unpaired) electrons. The molecule has 1 heterocycles. The normalized spacial score (nSPS) is 25.7. The fraction of sp³-hybridized carbons (Fsp3) is 0.263. The molecule has 1 unspecified atom stereocenters. The van der Waals surface area contributed by atoms with Gasteiger partial charge in [-0.15, -0.1) is 0 Å². The molecule has 5 nitrogen and oxygen atoms in total. The summed E-state index contributed by atoms with van der Waals surface area (Å²) >= 11 is 0. The maximum Gasteiger partial charge on any atom is 0.387 e. The summed E-state index contributed by atoms with van der Waals surface area (Å²) in [5.74, 6) is -0.521. The molecule has 7 heteroatoms. The number of likely N-dealkylation sites (N-methyl/N-ethyl adjacent to an activating group) is 1. The fourth-order valence-corrected chi connectivity index (χ4v) is 3.40. The van der Waals surface area contributed by atoms with E-state index in [0.717, 1.165) is 0 Å². The largest absolute Gasteiger partial charge is 0.435 e. The first-order valence-electron chi connectivity index (χ1n) is 8.07. The molecule has 2 atom stereocenters. The first kappa shape index (κ1) is 17.8. The lowest BCUT2D eigenvalue weighted by Gasteiger charge is -2.34. The molecule has 1 aromatic rings. The highest BCUT2D eigenvalue weighted by molar-refractivity contribution is 6.07. The Morgan fingerprint density at radius 2 is 2.12 bits per heavy atom. The number of alkyl halides is 2. The van der Waals surface area contributed by atoms with Crippen LogP contribution in [0.4, 0.5) is 8.78 Å². The van der Waals surface area contributed by atoms with E-state index in [4.69, 9.17) is 5.73 Å². The Hall–Kier alpha value is -2.96. The number of ether oxygens (including phenoxy) is 1. The lowest BCUT2D eigenvalue weighted by molar-refractivity contribution is -0.132. The Morgan fingerprint density at radius 1 is 1.42 bits per heavy atom. The van der Waals surface area contributed by atoms with Gasteiger partial charge >= 0.3 is 6.61 Å². The molecule has 0 saturated carbocycles. The maximum atomic E-state index is 13.1. The van der Waals surface area contributed by atoms with E-state index in [1.807, 2.05) is 30.3 Å². The fourth-order valence-electron chi connectivity index (χ4n) is 3.40. The Kier molecular flexibility index (Phi) is 4.63. The molecule has 3 rings (SSSR count). The summed E-state index contributed by atoms with van der Waals surface area (Å²) < 4.78 is 29.8. The lowest BCUT2D eigenvalue weighted by atomic mass is 9.73. The number of amides is 1. The number of allylic oxidation sites excluding steroid dienone is 3. The average molecular weight is 359 g/mol. The standard InChI is InChI=1S/C19H19F2N3O2/c1-3-12-11-14(9-10-15(12)26-17(20)21)19(13-7-5-4-6-8-13)16(25)24(2)18(22)23-19/h3-10,14,17H,1,11H2,2H3,(H2,22,23)/t14?,19-/m0/s1. The maximum absolute atomic E-state index is 13.1. The van der Waals surface area contributed by atoms with E-state index in [2.05, 4.69) is 16.3 Å². The minimum atomic E-state index is -2.93. The highest BCUT2D eigenvalue weighted by Crippen LogP contribution is 2.45. The second kappa shape index (κ2) is 6.74. The third-order valence-electron chi connectivity index (χ3n) is 4.71. The molecule has 0 bridgehead atoms. The van der Waals surface area contributed by atoms with E-state index in [1.165, 1.54) is 17.1 Å². The van der Waals surface area contributed by atoms with Gasteiger partial charge in [-0.25, -0.2) is 4.99 Å². The number of carbonyl (C=O) groups excluding carboxylic acids is 1. The highest BCUT2D eigenvalue weighted by Gasteiger charge is 2.53. The van der Waals surface area contributed by atoms with Gasteiger partial charge in [0.1, 0.15) is 5.76 Å². The van der Waals surface area contributed by atoms with Crippen molar-refractivity contribution in [2.75, 3.05) is 7.05 Å². The Bertz CT molecular complexity index is 817. The van der Waals surface area contributed by atoms with Gasteiger partial charge in [-0.05, 0) is 23.6 Å². The van der Waals surface area contributed by atoms with Gasteiger partial charge in [0.15, 0.2) is 11.5 Å². The van der Waals surface area contributed by atoms with Crippen LogP contribution in [0.15, 0.2) is 71.5 Å². The monoisotopic (exact) mass is 359 g/mol. The zero-order valence-corrected chi connectivity index (χ0v) is 14.2. The van der Waals surface area contributed by atoms with Crippen LogP contribution in [0.1, 0.15) is 12.0 Å². The van der Waals surface area contributed by atoms with Crippen LogP contribution < -0.4 is 5.73 Å². The van der Waals surface area contributed by atoms with Crippen LogP contribution >= 0.6 is 0 Å². The number of aliphatic imine (C=N–C) groups is 1. The van der Waals surface area contributed by atoms with Crippen molar-refractivity contribution in [3.8, 4) is 0 Å². The zero-order valence-electron chi connectivity index (χ0n) is 14.2. The second-order valence-corrected chi connectivity index (χ2v) is 6.11. The lowest BCUT2D eigenvalue weighted by Crippen LogP contribution is -2.44. The molecule has 0 aromatic heterocycles. The van der Waals surface area contributed by atoms with Crippen LogP contribution in [0, 0.1) is 5.92 Å².